The Kier molecular flexibility index (Phi) is 14.0. The summed E-state index contributed by atoms with van der Waals surface area (Å²) in [6.45, 7) is 3.26. The van der Waals surface area contributed by atoms with Crippen LogP contribution in [-0.4, -0.2) is 101 Å². The molecule has 19 nitrogen and oxygen atoms in total. The molecule has 2 aliphatic rings. The smallest absolute Gasteiger partial charge is 0.278 e. The number of hydrogen-bond acceptors (Lipinski definition) is 17. The first kappa shape index (κ1) is 44.0. The van der Waals surface area contributed by atoms with E-state index >= 15 is 0 Å². The second-order valence-electron chi connectivity index (χ2n) is 15.4. The van der Waals surface area contributed by atoms with Crippen LogP contribution in [0.4, 0.5) is 34.4 Å². The summed E-state index contributed by atoms with van der Waals surface area (Å²) in [7, 11) is 1.91. The zero-order valence-corrected chi connectivity index (χ0v) is 36.1. The van der Waals surface area contributed by atoms with Gasteiger partial charge in [-0.05, 0) is 87.2 Å². The second kappa shape index (κ2) is 20.7. The third-order valence-electron chi connectivity index (χ3n) is 10.9. The van der Waals surface area contributed by atoms with E-state index in [0.717, 1.165) is 36.1 Å². The molecule has 8 rings (SSSR count). The normalized spacial score (nSPS) is 13.9. The molecule has 2 aromatic carbocycles. The summed E-state index contributed by atoms with van der Waals surface area (Å²) >= 11 is 0. The Morgan fingerprint density at radius 1 is 0.769 bits per heavy atom. The maximum absolute atomic E-state index is 14.5. The van der Waals surface area contributed by atoms with Gasteiger partial charge in [0.15, 0.2) is 23.0 Å². The van der Waals surface area contributed by atoms with Crippen LogP contribution in [0.15, 0.2) is 85.7 Å². The third-order valence-corrected chi connectivity index (χ3v) is 10.9. The Morgan fingerprint density at radius 2 is 1.51 bits per heavy atom. The second-order valence-corrected chi connectivity index (χ2v) is 15.4. The van der Waals surface area contributed by atoms with Crippen molar-refractivity contribution in [1.82, 2.24) is 29.9 Å². The van der Waals surface area contributed by atoms with Crippen LogP contribution in [0.25, 0.3) is 22.5 Å². The predicted octanol–water partition coefficient (Wildman–Crippen LogP) is 4.97. The number of aryl methyl sites for hydroxylation is 1. The van der Waals surface area contributed by atoms with Gasteiger partial charge in [0.2, 0.25) is 0 Å². The van der Waals surface area contributed by atoms with Gasteiger partial charge in [-0.15, -0.1) is 0 Å². The van der Waals surface area contributed by atoms with Crippen LogP contribution in [0.3, 0.4) is 0 Å². The molecular formula is C46H52N14O5. The minimum absolute atomic E-state index is 0.0144. The zero-order valence-electron chi connectivity index (χ0n) is 36.1. The Hall–Kier alpha value is -7.64. The first-order valence-electron chi connectivity index (χ1n) is 21.6. The number of ether oxygens (including phenoxy) is 3. The van der Waals surface area contributed by atoms with Crippen LogP contribution in [0, 0.1) is 0 Å². The van der Waals surface area contributed by atoms with Crippen LogP contribution in [0.1, 0.15) is 52.2 Å². The molecule has 0 aliphatic carbocycles. The molecule has 6 heterocycles. The van der Waals surface area contributed by atoms with Gasteiger partial charge in [-0.3, -0.25) is 19.6 Å². The molecule has 6 bridgehead atoms. The predicted molar refractivity (Wildman–Crippen MR) is 250 cm³/mol. The summed E-state index contributed by atoms with van der Waals surface area (Å²) in [6, 6.07) is 15.0. The number of unbranched alkanes of at least 4 members (excludes halogenated alkanes) is 1. The van der Waals surface area contributed by atoms with Crippen molar-refractivity contribution in [2.24, 2.45) is 11.5 Å². The molecule has 4 aromatic heterocycles. The van der Waals surface area contributed by atoms with Gasteiger partial charge in [-0.25, -0.2) is 19.9 Å². The van der Waals surface area contributed by atoms with Crippen LogP contribution >= 0.6 is 0 Å². The molecule has 6 aromatic rings. The molecule has 336 valence electrons. The van der Waals surface area contributed by atoms with Crippen LogP contribution in [0.2, 0.25) is 0 Å². The molecule has 0 saturated heterocycles. The average molecular weight is 881 g/mol. The zero-order chi connectivity index (χ0) is 45.1. The molecule has 2 aliphatic heterocycles. The summed E-state index contributed by atoms with van der Waals surface area (Å²) in [5, 5.41) is 9.36. The lowest BCUT2D eigenvalue weighted by molar-refractivity contribution is 0.101. The fourth-order valence-electron chi connectivity index (χ4n) is 7.47. The monoisotopic (exact) mass is 880 g/mol. The number of nitrogen functional groups attached to an aromatic ring is 1. The highest BCUT2D eigenvalue weighted by molar-refractivity contribution is 6.08. The summed E-state index contributed by atoms with van der Waals surface area (Å²) < 4.78 is 18.8. The molecule has 0 spiro atoms. The van der Waals surface area contributed by atoms with E-state index in [0.29, 0.717) is 110 Å². The van der Waals surface area contributed by atoms with Crippen molar-refractivity contribution in [2.75, 3.05) is 91.2 Å². The molecule has 0 atom stereocenters. The fourth-order valence-corrected chi connectivity index (χ4v) is 7.47. The summed E-state index contributed by atoms with van der Waals surface area (Å²) in [5.41, 5.74) is 23.2. The SMILES string of the molecule is CN1CCOc2ccc(OCCCN)cc2-c2cnc(NCN3CCCOc4cc(ccc4CCCCN)-c4cnc(N)c(n4)C(=O)Nc4cnccc43)c(n2)C(=O)Nc2cnccc21. The molecule has 2 amide bonds. The maximum atomic E-state index is 14.5. The standard InChI is InChI=1S/C46H52N14O5/c1-59-18-21-65-39-10-9-31(63-19-4-14-48)23-32(39)34-27-53-44(42(56-34)46(62)57-35-24-50-15-11-37(35)59)54-28-60-17-5-20-64-40-22-30(8-7-29(40)6-2-3-13-47)33-26-52-43(49)41(55-33)45(61)58-36-25-51-16-12-38(36)60/h7-12,15-16,22-27H,2-6,13-14,17-21,28,47-48H2,1H3,(H2,49,52)(H,53,54)(H,57,62)(H,58,61). The number of nitrogens with zero attached hydrogens (tertiary/aromatic N) is 8. The molecule has 9 N–H and O–H groups in total. The number of amides is 2. The number of fused-ring (bicyclic) bond motifs is 11. The number of carbonyl (C=O) groups excluding carboxylic acids is 2. The van der Waals surface area contributed by atoms with Crippen molar-refractivity contribution in [3.05, 3.63) is 103 Å². The number of pyridine rings is 2. The fraction of sp³-hybridized carbons (Fsp3) is 0.304. The van der Waals surface area contributed by atoms with Gasteiger partial charge in [-0.1, -0.05) is 12.1 Å². The minimum Gasteiger partial charge on any atom is -0.494 e. The highest BCUT2D eigenvalue weighted by Crippen LogP contribution is 2.35. The summed E-state index contributed by atoms with van der Waals surface area (Å²) in [5.74, 6) is 0.931. The topological polar surface area (TPSA) is 260 Å². The molecule has 0 fully saturated rings. The van der Waals surface area contributed by atoms with E-state index in [4.69, 9.17) is 41.4 Å². The van der Waals surface area contributed by atoms with Gasteiger partial charge in [0.1, 0.15) is 23.9 Å². The molecular weight excluding hydrogens is 829 g/mol. The number of carbonyl (C=O) groups is 2. The lowest BCUT2D eigenvalue weighted by atomic mass is 10.0. The number of nitrogens with one attached hydrogen (secondary N) is 3. The van der Waals surface area contributed by atoms with E-state index in [1.165, 1.54) is 6.20 Å². The number of anilines is 6. The molecule has 19 heteroatoms. The van der Waals surface area contributed by atoms with Crippen LogP contribution in [0.5, 0.6) is 17.2 Å². The number of aromatic nitrogens is 6. The van der Waals surface area contributed by atoms with E-state index in [9.17, 15) is 9.59 Å². The minimum atomic E-state index is -0.564. The van der Waals surface area contributed by atoms with Crippen molar-refractivity contribution < 1.29 is 23.8 Å². The van der Waals surface area contributed by atoms with Crippen molar-refractivity contribution in [3.8, 4) is 39.8 Å². The van der Waals surface area contributed by atoms with Gasteiger partial charge in [0.25, 0.3) is 11.8 Å². The van der Waals surface area contributed by atoms with Gasteiger partial charge in [-0.2, -0.15) is 0 Å². The van der Waals surface area contributed by atoms with E-state index < -0.39 is 11.8 Å². The number of likely N-dealkylation sites (N-methyl/N-ethyl adjacent to an activating group) is 1. The molecule has 0 saturated carbocycles. The molecule has 0 radical (unpaired) electrons. The highest BCUT2D eigenvalue weighted by Gasteiger charge is 2.24. The van der Waals surface area contributed by atoms with Crippen molar-refractivity contribution >= 4 is 46.2 Å². The first-order valence-corrected chi connectivity index (χ1v) is 21.6. The van der Waals surface area contributed by atoms with Gasteiger partial charge in [0.05, 0.1) is 85.4 Å². The quantitative estimate of drug-likeness (QED) is 0.0939. The Bertz CT molecular complexity index is 2650. The lowest BCUT2D eigenvalue weighted by Crippen LogP contribution is -2.33. The molecule has 0 unspecified atom stereocenters. The maximum Gasteiger partial charge on any atom is 0.278 e. The van der Waals surface area contributed by atoms with Crippen LogP contribution < -0.4 is 57.2 Å². The van der Waals surface area contributed by atoms with E-state index in [-0.39, 0.29) is 29.7 Å². The largest absolute Gasteiger partial charge is 0.494 e. The van der Waals surface area contributed by atoms with E-state index in [1.807, 2.05) is 59.3 Å². The Labute approximate surface area is 376 Å². The van der Waals surface area contributed by atoms with Gasteiger partial charge in [0, 0.05) is 37.1 Å². The summed E-state index contributed by atoms with van der Waals surface area (Å²) in [6.07, 6.45) is 13.4. The van der Waals surface area contributed by atoms with E-state index in [2.05, 4.69) is 35.9 Å². The van der Waals surface area contributed by atoms with Gasteiger partial charge >= 0.3 is 0 Å². The van der Waals surface area contributed by atoms with E-state index in [1.54, 1.807) is 37.1 Å². The van der Waals surface area contributed by atoms with Crippen molar-refractivity contribution in [2.45, 2.75) is 32.1 Å². The number of benzene rings is 2. The Morgan fingerprint density at radius 3 is 2.32 bits per heavy atom. The van der Waals surface area contributed by atoms with Gasteiger partial charge < -0.3 is 57.2 Å². The highest BCUT2D eigenvalue weighted by atomic mass is 16.5. The number of nitrogens with two attached hydrogens (primary N) is 3. The lowest BCUT2D eigenvalue weighted by Gasteiger charge is -2.28. The first-order chi connectivity index (χ1) is 31.8. The average Bonchev–Trinajstić information content (AvgIpc) is 3.32. The van der Waals surface area contributed by atoms with Crippen molar-refractivity contribution in [3.63, 3.8) is 0 Å². The summed E-state index contributed by atoms with van der Waals surface area (Å²) in [4.78, 5) is 59.7. The Balaban J connectivity index is 1.15. The van der Waals surface area contributed by atoms with Crippen LogP contribution in [-0.2, 0) is 6.42 Å². The molecule has 65 heavy (non-hydrogen) atoms. The number of rotatable bonds is 11. The third kappa shape index (κ3) is 10.4. The number of hydrogen-bond donors (Lipinski definition) is 6. The van der Waals surface area contributed by atoms with Crippen molar-refractivity contribution in [1.29, 1.82) is 0 Å².